The number of nitrogens with zero attached hydrogens (tertiary/aromatic N) is 2. The van der Waals surface area contributed by atoms with Crippen molar-refractivity contribution in [3.05, 3.63) is 47.2 Å². The number of hydrogen-bond acceptors (Lipinski definition) is 11. The summed E-state index contributed by atoms with van der Waals surface area (Å²) in [6.45, 7) is 4.16. The third-order valence-corrected chi connectivity index (χ3v) is 7.60. The number of benzene rings is 1. The molecule has 1 aromatic rings. The van der Waals surface area contributed by atoms with E-state index in [9.17, 15) is 24.6 Å². The Bertz CT molecular complexity index is 1160. The summed E-state index contributed by atoms with van der Waals surface area (Å²) in [6.07, 6.45) is 1.72. The van der Waals surface area contributed by atoms with Gasteiger partial charge >= 0.3 is 11.9 Å². The normalized spacial score (nSPS) is 20.2. The van der Waals surface area contributed by atoms with Gasteiger partial charge in [-0.05, 0) is 19.5 Å². The number of carbonyl (C=O) groups is 3. The van der Waals surface area contributed by atoms with Crippen molar-refractivity contribution in [2.24, 2.45) is 11.3 Å². The lowest BCUT2D eigenvalue weighted by atomic mass is 9.72. The van der Waals surface area contributed by atoms with Crippen molar-refractivity contribution in [2.45, 2.75) is 12.8 Å². The standard InChI is InChI=1S/C31H44N2O11/c1-32-8-10-33(11-9-32)19-31(20-34)18-23(25(30(37)38)17-28(35)36)16-26(29(31)44-22-42-15-13-40-3)24-6-4-5-7-27(24)43-21-41-14-12-39-2/h4-7,18,20,25H,8-17,19,21-22H2,1-3H3,(H,35,36)(H,37,38). The van der Waals surface area contributed by atoms with Gasteiger partial charge in [0.25, 0.3) is 0 Å². The van der Waals surface area contributed by atoms with Gasteiger partial charge in [-0.15, -0.1) is 0 Å². The van der Waals surface area contributed by atoms with Crippen LogP contribution >= 0.6 is 0 Å². The van der Waals surface area contributed by atoms with E-state index in [1.165, 1.54) is 0 Å². The Balaban J connectivity index is 2.14. The Morgan fingerprint density at radius 2 is 1.59 bits per heavy atom. The fourth-order valence-electron chi connectivity index (χ4n) is 5.30. The number of piperazine rings is 1. The van der Waals surface area contributed by atoms with Crippen molar-refractivity contribution < 1.29 is 53.0 Å². The van der Waals surface area contributed by atoms with Gasteiger partial charge in [0.05, 0.1) is 38.8 Å². The van der Waals surface area contributed by atoms with Gasteiger partial charge < -0.3 is 48.3 Å². The lowest BCUT2D eigenvalue weighted by molar-refractivity contribution is -0.147. The van der Waals surface area contributed by atoms with Crippen molar-refractivity contribution in [1.82, 2.24) is 9.80 Å². The van der Waals surface area contributed by atoms with Crippen LogP contribution in [0.1, 0.15) is 18.4 Å². The van der Waals surface area contributed by atoms with E-state index >= 15 is 0 Å². The molecule has 0 amide bonds. The Labute approximate surface area is 257 Å². The number of ether oxygens (including phenoxy) is 6. The van der Waals surface area contributed by atoms with E-state index in [0.717, 1.165) is 19.4 Å². The molecule has 1 fully saturated rings. The molecule has 2 atom stereocenters. The van der Waals surface area contributed by atoms with Crippen LogP contribution in [0.4, 0.5) is 0 Å². The van der Waals surface area contributed by atoms with Gasteiger partial charge in [0.15, 0.2) is 13.6 Å². The topological polar surface area (TPSA) is 154 Å². The Kier molecular flexibility index (Phi) is 14.2. The molecule has 0 saturated carbocycles. The number of carboxylic acids is 2. The van der Waals surface area contributed by atoms with Crippen LogP contribution in [0.2, 0.25) is 0 Å². The number of hydrogen-bond donors (Lipinski definition) is 2. The lowest BCUT2D eigenvalue weighted by Crippen LogP contribution is -2.50. The van der Waals surface area contributed by atoms with Crippen molar-refractivity contribution in [3.8, 4) is 5.75 Å². The minimum atomic E-state index is -1.43. The zero-order valence-electron chi connectivity index (χ0n) is 25.7. The highest BCUT2D eigenvalue weighted by atomic mass is 16.7. The largest absolute Gasteiger partial charge is 0.481 e. The van der Waals surface area contributed by atoms with Gasteiger partial charge in [-0.3, -0.25) is 14.5 Å². The van der Waals surface area contributed by atoms with E-state index in [2.05, 4.69) is 9.80 Å². The molecule has 13 nitrogen and oxygen atoms in total. The first-order chi connectivity index (χ1) is 21.2. The molecule has 2 aliphatic rings. The molecule has 1 heterocycles. The lowest BCUT2D eigenvalue weighted by Gasteiger charge is -2.41. The molecule has 0 aromatic heterocycles. The van der Waals surface area contributed by atoms with Crippen LogP contribution < -0.4 is 4.74 Å². The number of rotatable bonds is 20. The highest BCUT2D eigenvalue weighted by Crippen LogP contribution is 2.47. The quantitative estimate of drug-likeness (QED) is 0.0946. The van der Waals surface area contributed by atoms with Crippen LogP contribution in [-0.2, 0) is 38.1 Å². The number of aliphatic carboxylic acids is 2. The molecule has 0 bridgehead atoms. The highest BCUT2D eigenvalue weighted by molar-refractivity contribution is 5.87. The average molecular weight is 621 g/mol. The third kappa shape index (κ3) is 9.84. The number of allylic oxidation sites excluding steroid dienone is 1. The van der Waals surface area contributed by atoms with Crippen LogP contribution in [0.15, 0.2) is 41.7 Å². The zero-order valence-corrected chi connectivity index (χ0v) is 25.7. The summed E-state index contributed by atoms with van der Waals surface area (Å²) < 4.78 is 33.4. The first-order valence-electron chi connectivity index (χ1n) is 14.5. The second-order valence-corrected chi connectivity index (χ2v) is 10.8. The summed E-state index contributed by atoms with van der Waals surface area (Å²) in [5.41, 5.74) is -0.0694. The molecule has 1 aliphatic carbocycles. The number of likely N-dealkylation sites (N-methyl/N-ethyl adjacent to an activating group) is 1. The fourth-order valence-corrected chi connectivity index (χ4v) is 5.30. The summed E-state index contributed by atoms with van der Waals surface area (Å²) in [5, 5.41) is 19.7. The predicted molar refractivity (Wildman–Crippen MR) is 159 cm³/mol. The van der Waals surface area contributed by atoms with Crippen LogP contribution in [-0.4, -0.2) is 132 Å². The summed E-state index contributed by atoms with van der Waals surface area (Å²) >= 11 is 0. The average Bonchev–Trinajstić information content (AvgIpc) is 3.01. The van der Waals surface area contributed by atoms with Gasteiger partial charge in [0.1, 0.15) is 23.2 Å². The van der Waals surface area contributed by atoms with Gasteiger partial charge in [-0.25, -0.2) is 0 Å². The minimum Gasteiger partial charge on any atom is -0.481 e. The molecule has 0 radical (unpaired) electrons. The monoisotopic (exact) mass is 620 g/mol. The Hall–Kier alpha value is -3.33. The van der Waals surface area contributed by atoms with Crippen LogP contribution in [0, 0.1) is 11.3 Å². The first-order valence-corrected chi connectivity index (χ1v) is 14.5. The van der Waals surface area contributed by atoms with E-state index < -0.39 is 29.7 Å². The SMILES string of the molecule is COCCOCOC1=C(c2ccccc2OCOCCOC)CC(C(CC(=O)O)C(=O)O)=CC1(C=O)CN1CCN(C)CC1. The number of para-hydroxylation sites is 1. The van der Waals surface area contributed by atoms with E-state index in [0.29, 0.717) is 61.1 Å². The summed E-state index contributed by atoms with van der Waals surface area (Å²) in [6, 6.07) is 7.10. The zero-order chi connectivity index (χ0) is 32.0. The second-order valence-electron chi connectivity index (χ2n) is 10.8. The number of carbonyl (C=O) groups excluding carboxylic acids is 1. The van der Waals surface area contributed by atoms with Crippen molar-refractivity contribution in [2.75, 3.05) is 94.0 Å². The fraction of sp³-hybridized carbons (Fsp3) is 0.581. The van der Waals surface area contributed by atoms with Crippen molar-refractivity contribution in [1.29, 1.82) is 0 Å². The van der Waals surface area contributed by atoms with E-state index in [1.54, 1.807) is 44.6 Å². The van der Waals surface area contributed by atoms with Crippen molar-refractivity contribution >= 4 is 23.8 Å². The Morgan fingerprint density at radius 3 is 2.18 bits per heavy atom. The van der Waals surface area contributed by atoms with Gasteiger partial charge in [0, 0.05) is 58.1 Å². The molecule has 1 aliphatic heterocycles. The Morgan fingerprint density at radius 1 is 0.955 bits per heavy atom. The molecule has 0 spiro atoms. The van der Waals surface area contributed by atoms with Crippen LogP contribution in [0.5, 0.6) is 5.75 Å². The molecule has 1 aromatic carbocycles. The summed E-state index contributed by atoms with van der Waals surface area (Å²) in [7, 11) is 5.14. The molecule has 3 rings (SSSR count). The first kappa shape index (κ1) is 35.2. The number of carboxylic acid groups (broad SMARTS) is 2. The maximum Gasteiger partial charge on any atom is 0.311 e. The highest BCUT2D eigenvalue weighted by Gasteiger charge is 2.44. The summed E-state index contributed by atoms with van der Waals surface area (Å²) in [4.78, 5) is 41.7. The van der Waals surface area contributed by atoms with Crippen LogP contribution in [0.3, 0.4) is 0 Å². The molecule has 44 heavy (non-hydrogen) atoms. The molecule has 2 N–H and O–H groups in total. The summed E-state index contributed by atoms with van der Waals surface area (Å²) in [5.74, 6) is -3.19. The van der Waals surface area contributed by atoms with E-state index in [1.807, 2.05) is 7.05 Å². The molecular weight excluding hydrogens is 576 g/mol. The molecule has 244 valence electrons. The molecular formula is C31H44N2O11. The second kappa shape index (κ2) is 17.8. The van der Waals surface area contributed by atoms with E-state index in [-0.39, 0.29) is 33.2 Å². The smallest absolute Gasteiger partial charge is 0.311 e. The minimum absolute atomic E-state index is 0.0148. The maximum atomic E-state index is 13.3. The molecule has 13 heteroatoms. The molecule has 2 unspecified atom stereocenters. The third-order valence-electron chi connectivity index (χ3n) is 7.60. The molecule has 1 saturated heterocycles. The maximum absolute atomic E-state index is 13.3. The number of aldehydes is 1. The van der Waals surface area contributed by atoms with Gasteiger partial charge in [-0.2, -0.15) is 0 Å². The van der Waals surface area contributed by atoms with Gasteiger partial charge in [-0.1, -0.05) is 29.8 Å². The van der Waals surface area contributed by atoms with Crippen LogP contribution in [0.25, 0.3) is 5.57 Å². The van der Waals surface area contributed by atoms with Gasteiger partial charge in [0.2, 0.25) is 0 Å². The predicted octanol–water partition coefficient (Wildman–Crippen LogP) is 1.97. The van der Waals surface area contributed by atoms with E-state index in [4.69, 9.17) is 28.4 Å². The number of methoxy groups -OCH3 is 2. The van der Waals surface area contributed by atoms with Crippen molar-refractivity contribution in [3.63, 3.8) is 0 Å².